The normalized spacial score (nSPS) is 19.7. The number of benzene rings is 2. The van der Waals surface area contributed by atoms with Crippen molar-refractivity contribution in [1.29, 1.82) is 0 Å². The lowest BCUT2D eigenvalue weighted by Crippen LogP contribution is -2.42. The number of hydrogen-bond acceptors (Lipinski definition) is 5. The van der Waals surface area contributed by atoms with Gasteiger partial charge in [-0.15, -0.1) is 0 Å². The van der Waals surface area contributed by atoms with Crippen molar-refractivity contribution in [3.8, 4) is 16.9 Å². The average Bonchev–Trinajstić information content (AvgIpc) is 3.45. The number of aliphatic hydroxyl groups excluding tert-OH is 1. The van der Waals surface area contributed by atoms with E-state index in [0.29, 0.717) is 44.6 Å². The minimum Gasteiger partial charge on any atom is -0.392 e. The van der Waals surface area contributed by atoms with Gasteiger partial charge in [0.15, 0.2) is 5.79 Å². The first-order valence-corrected chi connectivity index (χ1v) is 10.9. The van der Waals surface area contributed by atoms with Crippen LogP contribution in [-0.4, -0.2) is 39.0 Å². The molecular formula is C25H28N2O4. The van der Waals surface area contributed by atoms with Gasteiger partial charge in [0, 0.05) is 18.4 Å². The summed E-state index contributed by atoms with van der Waals surface area (Å²) in [6.07, 6.45) is 2.39. The molecule has 31 heavy (non-hydrogen) atoms. The first-order chi connectivity index (χ1) is 15.0. The molecule has 6 heteroatoms. The fraction of sp³-hybridized carbons (Fsp3) is 0.400. The zero-order chi connectivity index (χ0) is 21.5. The third-order valence-corrected chi connectivity index (χ3v) is 6.55. The summed E-state index contributed by atoms with van der Waals surface area (Å²) in [5.74, 6) is -0.533. The molecule has 0 atom stereocenters. The Morgan fingerprint density at radius 3 is 2.19 bits per heavy atom. The number of aromatic nitrogens is 2. The SMILES string of the molecule is Cc1ccc(-n2nc(C3(O)CCC4(CC3)OCCO4)cc2-c2ccc(CO)cc2)cc1. The van der Waals surface area contributed by atoms with Crippen LogP contribution in [0, 0.1) is 6.92 Å². The van der Waals surface area contributed by atoms with Crippen LogP contribution in [0.2, 0.25) is 0 Å². The van der Waals surface area contributed by atoms with Gasteiger partial charge in [0.2, 0.25) is 0 Å². The van der Waals surface area contributed by atoms with E-state index < -0.39 is 11.4 Å². The van der Waals surface area contributed by atoms with E-state index in [-0.39, 0.29) is 6.61 Å². The van der Waals surface area contributed by atoms with Gasteiger partial charge in [0.1, 0.15) is 5.60 Å². The van der Waals surface area contributed by atoms with Crippen LogP contribution < -0.4 is 0 Å². The molecule has 162 valence electrons. The van der Waals surface area contributed by atoms with Crippen molar-refractivity contribution in [3.63, 3.8) is 0 Å². The average molecular weight is 421 g/mol. The minimum atomic E-state index is -1.02. The molecule has 2 aromatic carbocycles. The Labute approximate surface area is 182 Å². The largest absolute Gasteiger partial charge is 0.392 e. The van der Waals surface area contributed by atoms with Crippen LogP contribution in [0.25, 0.3) is 16.9 Å². The van der Waals surface area contributed by atoms with Gasteiger partial charge in [-0.1, -0.05) is 42.0 Å². The monoisotopic (exact) mass is 420 g/mol. The van der Waals surface area contributed by atoms with Crippen LogP contribution in [0.15, 0.2) is 54.6 Å². The summed E-state index contributed by atoms with van der Waals surface area (Å²) in [4.78, 5) is 0. The number of rotatable bonds is 4. The van der Waals surface area contributed by atoms with Crippen LogP contribution in [-0.2, 0) is 21.7 Å². The molecule has 0 amide bonds. The summed E-state index contributed by atoms with van der Waals surface area (Å²) in [6.45, 7) is 3.30. The molecule has 2 fully saturated rings. The van der Waals surface area contributed by atoms with Crippen LogP contribution in [0.4, 0.5) is 0 Å². The summed E-state index contributed by atoms with van der Waals surface area (Å²) >= 11 is 0. The molecule has 5 rings (SSSR count). The third-order valence-electron chi connectivity index (χ3n) is 6.55. The van der Waals surface area contributed by atoms with Crippen molar-refractivity contribution in [1.82, 2.24) is 9.78 Å². The molecule has 0 bridgehead atoms. The lowest BCUT2D eigenvalue weighted by Gasteiger charge is -2.39. The van der Waals surface area contributed by atoms with Gasteiger partial charge in [0.05, 0.1) is 36.9 Å². The number of nitrogens with zero attached hydrogens (tertiary/aromatic N) is 2. The highest BCUT2D eigenvalue weighted by Gasteiger charge is 2.47. The Hall–Kier alpha value is -2.51. The second kappa shape index (κ2) is 7.88. The quantitative estimate of drug-likeness (QED) is 0.671. The predicted molar refractivity (Wildman–Crippen MR) is 117 cm³/mol. The molecule has 1 spiro atoms. The van der Waals surface area contributed by atoms with Crippen LogP contribution in [0.3, 0.4) is 0 Å². The highest BCUT2D eigenvalue weighted by molar-refractivity contribution is 5.63. The topological polar surface area (TPSA) is 76.7 Å². The van der Waals surface area contributed by atoms with E-state index in [2.05, 4.69) is 19.1 Å². The molecular weight excluding hydrogens is 392 g/mol. The van der Waals surface area contributed by atoms with Crippen LogP contribution in [0.1, 0.15) is 42.5 Å². The molecule has 6 nitrogen and oxygen atoms in total. The Bertz CT molecular complexity index is 1040. The lowest BCUT2D eigenvalue weighted by atomic mass is 9.79. The van der Waals surface area contributed by atoms with Crippen molar-refractivity contribution in [2.24, 2.45) is 0 Å². The van der Waals surface area contributed by atoms with Crippen molar-refractivity contribution >= 4 is 0 Å². The van der Waals surface area contributed by atoms with Crippen LogP contribution >= 0.6 is 0 Å². The fourth-order valence-electron chi connectivity index (χ4n) is 4.56. The highest BCUT2D eigenvalue weighted by atomic mass is 16.7. The molecule has 2 aliphatic rings. The van der Waals surface area contributed by atoms with Gasteiger partial charge in [0.25, 0.3) is 0 Å². The number of hydrogen-bond donors (Lipinski definition) is 2. The minimum absolute atomic E-state index is 0.00833. The number of ether oxygens (including phenoxy) is 2. The highest BCUT2D eigenvalue weighted by Crippen LogP contribution is 2.45. The van der Waals surface area contributed by atoms with E-state index in [0.717, 1.165) is 22.5 Å². The van der Waals surface area contributed by atoms with E-state index in [4.69, 9.17) is 14.6 Å². The maximum Gasteiger partial charge on any atom is 0.168 e. The summed E-state index contributed by atoms with van der Waals surface area (Å²) < 4.78 is 13.6. The smallest absolute Gasteiger partial charge is 0.168 e. The standard InChI is InChI=1S/C25H28N2O4/c1-18-2-8-21(9-3-18)27-22(20-6-4-19(17-28)5-7-20)16-23(26-27)24(29)10-12-25(13-11-24)30-14-15-31-25/h2-9,16,28-29H,10-15,17H2,1H3. The van der Waals surface area contributed by atoms with Gasteiger partial charge < -0.3 is 19.7 Å². The van der Waals surface area contributed by atoms with E-state index in [9.17, 15) is 10.2 Å². The molecule has 2 heterocycles. The van der Waals surface area contributed by atoms with Gasteiger partial charge in [-0.25, -0.2) is 4.68 Å². The molecule has 1 aliphatic heterocycles. The van der Waals surface area contributed by atoms with Crippen molar-refractivity contribution in [3.05, 3.63) is 71.4 Å². The second-order valence-electron chi connectivity index (χ2n) is 8.66. The van der Waals surface area contributed by atoms with Crippen molar-refractivity contribution in [2.75, 3.05) is 13.2 Å². The Kier molecular flexibility index (Phi) is 5.18. The molecule has 1 saturated heterocycles. The molecule has 0 unspecified atom stereocenters. The summed E-state index contributed by atoms with van der Waals surface area (Å²) in [5.41, 5.74) is 4.52. The second-order valence-corrected chi connectivity index (χ2v) is 8.66. The Morgan fingerprint density at radius 1 is 0.935 bits per heavy atom. The number of aliphatic hydroxyl groups is 2. The Balaban J connectivity index is 1.53. The van der Waals surface area contributed by atoms with Crippen molar-refractivity contribution in [2.45, 2.75) is 50.6 Å². The van der Waals surface area contributed by atoms with E-state index in [1.807, 2.05) is 47.1 Å². The van der Waals surface area contributed by atoms with Gasteiger partial charge in [-0.05, 0) is 43.5 Å². The van der Waals surface area contributed by atoms with Gasteiger partial charge in [-0.3, -0.25) is 0 Å². The molecule has 1 aliphatic carbocycles. The first kappa shape index (κ1) is 20.4. The molecule has 0 radical (unpaired) electrons. The maximum atomic E-state index is 11.5. The van der Waals surface area contributed by atoms with E-state index in [1.165, 1.54) is 5.56 Å². The summed E-state index contributed by atoms with van der Waals surface area (Å²) in [6, 6.07) is 18.0. The lowest BCUT2D eigenvalue weighted by molar-refractivity contribution is -0.204. The zero-order valence-electron chi connectivity index (χ0n) is 17.8. The van der Waals surface area contributed by atoms with Gasteiger partial charge >= 0.3 is 0 Å². The van der Waals surface area contributed by atoms with Crippen molar-refractivity contribution < 1.29 is 19.7 Å². The zero-order valence-corrected chi connectivity index (χ0v) is 17.8. The maximum absolute atomic E-state index is 11.5. The van der Waals surface area contributed by atoms with E-state index >= 15 is 0 Å². The predicted octanol–water partition coefficient (Wildman–Crippen LogP) is 3.84. The third kappa shape index (κ3) is 3.81. The summed E-state index contributed by atoms with van der Waals surface area (Å²) in [7, 11) is 0. The fourth-order valence-corrected chi connectivity index (χ4v) is 4.56. The first-order valence-electron chi connectivity index (χ1n) is 10.9. The van der Waals surface area contributed by atoms with Crippen LogP contribution in [0.5, 0.6) is 0 Å². The molecule has 1 saturated carbocycles. The van der Waals surface area contributed by atoms with E-state index in [1.54, 1.807) is 0 Å². The number of aryl methyl sites for hydroxylation is 1. The molecule has 3 aromatic rings. The molecule has 2 N–H and O–H groups in total. The Morgan fingerprint density at radius 2 is 1.58 bits per heavy atom. The molecule has 1 aromatic heterocycles. The van der Waals surface area contributed by atoms with Gasteiger partial charge in [-0.2, -0.15) is 5.10 Å². The summed E-state index contributed by atoms with van der Waals surface area (Å²) in [5, 5.41) is 25.8.